The molecule has 1 aromatic heterocycles. The van der Waals surface area contributed by atoms with Gasteiger partial charge < -0.3 is 9.80 Å². The molecule has 3 heterocycles. The Bertz CT molecular complexity index is 980. The molecule has 0 N–H and O–H groups in total. The third-order valence-corrected chi connectivity index (χ3v) is 8.58. The second-order valence-electron chi connectivity index (χ2n) is 9.73. The molecule has 4 rings (SSSR count). The van der Waals surface area contributed by atoms with E-state index < -0.39 is 0 Å². The molecule has 0 saturated carbocycles. The fraction of sp³-hybridized carbons (Fsp3) is 0.571. The van der Waals surface area contributed by atoms with Gasteiger partial charge in [-0.05, 0) is 54.3 Å². The second kappa shape index (κ2) is 11.5. The number of rotatable bonds is 8. The number of unbranched alkanes of at least 4 members (excludes halogenated alkanes) is 1. The average molecular weight is 482 g/mol. The predicted molar refractivity (Wildman–Crippen MR) is 139 cm³/mol. The molecule has 0 radical (unpaired) electrons. The minimum atomic E-state index is 0.130. The van der Waals surface area contributed by atoms with Gasteiger partial charge in [0.05, 0.1) is 12.6 Å². The van der Waals surface area contributed by atoms with Crippen LogP contribution < -0.4 is 0 Å². The van der Waals surface area contributed by atoms with Crippen molar-refractivity contribution in [3.05, 3.63) is 57.3 Å². The lowest BCUT2D eigenvalue weighted by molar-refractivity contribution is -0.143. The largest absolute Gasteiger partial charge is 0.339 e. The highest BCUT2D eigenvalue weighted by molar-refractivity contribution is 7.10. The van der Waals surface area contributed by atoms with E-state index in [-0.39, 0.29) is 23.8 Å². The van der Waals surface area contributed by atoms with Crippen LogP contribution in [0.2, 0.25) is 0 Å². The van der Waals surface area contributed by atoms with Crippen LogP contribution in [0, 0.1) is 12.8 Å². The van der Waals surface area contributed by atoms with Gasteiger partial charge in [0.2, 0.25) is 11.8 Å². The molecule has 2 aliphatic heterocycles. The zero-order chi connectivity index (χ0) is 24.1. The Morgan fingerprint density at radius 3 is 2.44 bits per heavy atom. The van der Waals surface area contributed by atoms with Gasteiger partial charge in [0.1, 0.15) is 0 Å². The second-order valence-corrected chi connectivity index (χ2v) is 10.7. The number of carbonyl (C=O) groups excluding carboxylic acids is 2. The van der Waals surface area contributed by atoms with Crippen LogP contribution in [0.1, 0.15) is 67.1 Å². The van der Waals surface area contributed by atoms with E-state index in [0.29, 0.717) is 32.7 Å². The molecule has 0 spiro atoms. The van der Waals surface area contributed by atoms with E-state index in [1.54, 1.807) is 0 Å². The van der Waals surface area contributed by atoms with Crippen molar-refractivity contribution in [2.75, 3.05) is 39.3 Å². The highest BCUT2D eigenvalue weighted by Gasteiger charge is 2.34. The Kier molecular flexibility index (Phi) is 8.43. The number of piperazine rings is 1. The molecule has 2 atom stereocenters. The van der Waals surface area contributed by atoms with Crippen molar-refractivity contribution < 1.29 is 9.59 Å². The summed E-state index contributed by atoms with van der Waals surface area (Å²) in [6, 6.07) is 10.9. The van der Waals surface area contributed by atoms with Crippen molar-refractivity contribution in [2.24, 2.45) is 5.92 Å². The predicted octanol–water partition coefficient (Wildman–Crippen LogP) is 4.89. The van der Waals surface area contributed by atoms with Crippen LogP contribution in [0.5, 0.6) is 0 Å². The molecule has 1 aromatic carbocycles. The van der Waals surface area contributed by atoms with Gasteiger partial charge in [-0.2, -0.15) is 0 Å². The Morgan fingerprint density at radius 2 is 1.74 bits per heavy atom. The van der Waals surface area contributed by atoms with E-state index >= 15 is 0 Å². The number of nitrogens with zero attached hydrogens (tertiary/aromatic N) is 3. The van der Waals surface area contributed by atoms with E-state index in [4.69, 9.17) is 0 Å². The summed E-state index contributed by atoms with van der Waals surface area (Å²) in [7, 11) is 0. The number of thiophene rings is 1. The molecule has 1 fully saturated rings. The smallest absolute Gasteiger partial charge is 0.236 e. The lowest BCUT2D eigenvalue weighted by atomic mass is 9.90. The quantitative estimate of drug-likeness (QED) is 0.539. The van der Waals surface area contributed by atoms with Gasteiger partial charge in [-0.3, -0.25) is 14.5 Å². The van der Waals surface area contributed by atoms with Gasteiger partial charge >= 0.3 is 0 Å². The molecule has 5 nitrogen and oxygen atoms in total. The number of amides is 2. The SMILES string of the molecule is CCCC[C@H](CC)C(=O)N1CCN(C(=O)CN2CCc3sccc3[C@@H]2c2ccccc2C)CC1. The topological polar surface area (TPSA) is 43.9 Å². The van der Waals surface area contributed by atoms with Crippen molar-refractivity contribution >= 4 is 23.2 Å². The van der Waals surface area contributed by atoms with E-state index in [0.717, 1.165) is 38.6 Å². The summed E-state index contributed by atoms with van der Waals surface area (Å²) in [5, 5.41) is 2.18. The van der Waals surface area contributed by atoms with E-state index in [2.05, 4.69) is 61.4 Å². The Balaban J connectivity index is 1.40. The van der Waals surface area contributed by atoms with Crippen LogP contribution in [0.4, 0.5) is 0 Å². The molecule has 184 valence electrons. The van der Waals surface area contributed by atoms with Gasteiger partial charge in [-0.15, -0.1) is 11.3 Å². The molecule has 2 aromatic rings. The number of hydrogen-bond donors (Lipinski definition) is 0. The maximum Gasteiger partial charge on any atom is 0.236 e. The number of benzene rings is 1. The van der Waals surface area contributed by atoms with E-state index in [9.17, 15) is 9.59 Å². The lowest BCUT2D eigenvalue weighted by Gasteiger charge is -2.40. The van der Waals surface area contributed by atoms with Crippen LogP contribution in [0.15, 0.2) is 35.7 Å². The molecule has 34 heavy (non-hydrogen) atoms. The number of fused-ring (bicyclic) bond motifs is 1. The summed E-state index contributed by atoms with van der Waals surface area (Å²) in [5.74, 6) is 0.594. The van der Waals surface area contributed by atoms with Crippen molar-refractivity contribution in [1.29, 1.82) is 0 Å². The molecule has 0 aliphatic carbocycles. The first-order valence-corrected chi connectivity index (χ1v) is 13.8. The van der Waals surface area contributed by atoms with Crippen LogP contribution in [-0.4, -0.2) is 65.8 Å². The average Bonchev–Trinajstić information content (AvgIpc) is 3.34. The summed E-state index contributed by atoms with van der Waals surface area (Å²) in [4.78, 5) is 34.1. The summed E-state index contributed by atoms with van der Waals surface area (Å²) >= 11 is 1.83. The van der Waals surface area contributed by atoms with Crippen LogP contribution in [0.25, 0.3) is 0 Å². The van der Waals surface area contributed by atoms with Crippen molar-refractivity contribution in [3.8, 4) is 0 Å². The highest BCUT2D eigenvalue weighted by Crippen LogP contribution is 2.38. The zero-order valence-electron chi connectivity index (χ0n) is 21.0. The number of aryl methyl sites for hydroxylation is 1. The molecular formula is C28H39N3O2S. The third-order valence-electron chi connectivity index (χ3n) is 7.58. The van der Waals surface area contributed by atoms with E-state index in [1.807, 2.05) is 21.1 Å². The maximum atomic E-state index is 13.4. The van der Waals surface area contributed by atoms with Crippen molar-refractivity contribution in [3.63, 3.8) is 0 Å². The first-order chi connectivity index (χ1) is 16.5. The minimum absolute atomic E-state index is 0.130. The monoisotopic (exact) mass is 481 g/mol. The number of hydrogen-bond acceptors (Lipinski definition) is 4. The zero-order valence-corrected chi connectivity index (χ0v) is 21.8. The molecule has 6 heteroatoms. The Morgan fingerprint density at radius 1 is 1.00 bits per heavy atom. The van der Waals surface area contributed by atoms with Crippen LogP contribution in [0.3, 0.4) is 0 Å². The van der Waals surface area contributed by atoms with Gasteiger partial charge in [0.15, 0.2) is 0 Å². The van der Waals surface area contributed by atoms with Crippen LogP contribution in [-0.2, 0) is 16.0 Å². The van der Waals surface area contributed by atoms with Crippen molar-refractivity contribution in [1.82, 2.24) is 14.7 Å². The van der Waals surface area contributed by atoms with Gasteiger partial charge in [0.25, 0.3) is 0 Å². The van der Waals surface area contributed by atoms with Crippen LogP contribution >= 0.6 is 11.3 Å². The minimum Gasteiger partial charge on any atom is -0.339 e. The summed E-state index contributed by atoms with van der Waals surface area (Å²) in [5.41, 5.74) is 3.92. The van der Waals surface area contributed by atoms with Gasteiger partial charge in [-0.25, -0.2) is 0 Å². The molecule has 2 amide bonds. The van der Waals surface area contributed by atoms with Gasteiger partial charge in [-0.1, -0.05) is 51.0 Å². The molecule has 0 bridgehead atoms. The van der Waals surface area contributed by atoms with Gasteiger partial charge in [0, 0.05) is 43.5 Å². The summed E-state index contributed by atoms with van der Waals surface area (Å²) in [6.07, 6.45) is 5.11. The lowest BCUT2D eigenvalue weighted by Crippen LogP contribution is -2.54. The number of carbonyl (C=O) groups is 2. The highest BCUT2D eigenvalue weighted by atomic mass is 32.1. The maximum absolute atomic E-state index is 13.4. The normalized spacial score (nSPS) is 19.7. The first-order valence-electron chi connectivity index (χ1n) is 13.0. The fourth-order valence-electron chi connectivity index (χ4n) is 5.46. The Hall–Kier alpha value is -2.18. The summed E-state index contributed by atoms with van der Waals surface area (Å²) < 4.78 is 0. The standard InChI is InChI=1S/C28H39N3O2S/c1-4-6-10-22(5-2)28(33)30-17-15-29(16-18-30)26(32)20-31-14-12-25-24(13-19-34-25)27(31)23-11-8-7-9-21(23)3/h7-9,11,13,19,22,27H,4-6,10,12,14-18,20H2,1-3H3/t22-,27-/m0/s1. The molecule has 2 aliphatic rings. The third kappa shape index (κ3) is 5.38. The van der Waals surface area contributed by atoms with Crippen molar-refractivity contribution in [2.45, 2.75) is 58.9 Å². The Labute approximate surface area is 208 Å². The summed E-state index contributed by atoms with van der Waals surface area (Å²) in [6.45, 7) is 10.4. The molecule has 1 saturated heterocycles. The first kappa shape index (κ1) is 24.9. The molecule has 0 unspecified atom stereocenters. The van der Waals surface area contributed by atoms with E-state index in [1.165, 1.54) is 21.6 Å². The molecular weight excluding hydrogens is 442 g/mol. The fourth-order valence-corrected chi connectivity index (χ4v) is 6.36.